The minimum absolute atomic E-state index is 1.25. The number of rotatable bonds is 0. The van der Waals surface area contributed by atoms with E-state index in [1.54, 1.807) is 0 Å². The molecule has 0 atom stereocenters. The Morgan fingerprint density at radius 2 is 1.86 bits per heavy atom. The van der Waals surface area contributed by atoms with Gasteiger partial charge in [0.05, 0.1) is 0 Å². The molecule has 1 fully saturated rings. The lowest BCUT2D eigenvalue weighted by Crippen LogP contribution is -2.27. The van der Waals surface area contributed by atoms with Gasteiger partial charge in [-0.1, -0.05) is 0 Å². The highest BCUT2D eigenvalue weighted by molar-refractivity contribution is 7.38. The summed E-state index contributed by atoms with van der Waals surface area (Å²) in [6.07, 6.45) is 2.88. The highest BCUT2D eigenvalue weighted by Crippen LogP contribution is 2.13. The van der Waals surface area contributed by atoms with Crippen LogP contribution in [0.4, 0.5) is 0 Å². The molecule has 0 aromatic rings. The summed E-state index contributed by atoms with van der Waals surface area (Å²) in [5.74, 6) is 0. The summed E-state index contributed by atoms with van der Waals surface area (Å²) in [7, 11) is 3.44. The van der Waals surface area contributed by atoms with E-state index in [0.29, 0.717) is 0 Å². The highest BCUT2D eigenvalue weighted by atomic mass is 31.1. The molecule has 0 spiro atoms. The second-order valence-corrected chi connectivity index (χ2v) is 3.55. The van der Waals surface area contributed by atoms with Crippen molar-refractivity contribution in [1.82, 2.24) is 4.90 Å². The molecule has 1 nitrogen and oxygen atoms in total. The first-order valence-electron chi connectivity index (χ1n) is 2.79. The molecular weight excluding hydrogens is 105 g/mol. The van der Waals surface area contributed by atoms with Gasteiger partial charge < -0.3 is 4.90 Å². The third kappa shape index (κ3) is 1.75. The van der Waals surface area contributed by atoms with Crippen molar-refractivity contribution in [3.8, 4) is 0 Å². The molecule has 2 heteroatoms. The first-order chi connectivity index (χ1) is 3.39. The van der Waals surface area contributed by atoms with Gasteiger partial charge in [0.1, 0.15) is 0 Å². The van der Waals surface area contributed by atoms with Crippen LogP contribution in [0, 0.1) is 0 Å². The summed E-state index contributed by atoms with van der Waals surface area (Å²) in [4.78, 5) is 2.40. The Morgan fingerprint density at radius 1 is 1.29 bits per heavy atom. The van der Waals surface area contributed by atoms with Crippen molar-refractivity contribution in [3.05, 3.63) is 0 Å². The lowest BCUT2D eigenvalue weighted by Gasteiger charge is -2.20. The van der Waals surface area contributed by atoms with Crippen molar-refractivity contribution in [3.63, 3.8) is 0 Å². The van der Waals surface area contributed by atoms with Crippen molar-refractivity contribution in [1.29, 1.82) is 0 Å². The van der Waals surface area contributed by atoms with Crippen molar-refractivity contribution in [2.24, 2.45) is 0 Å². The molecule has 0 N–H and O–H groups in total. The van der Waals surface area contributed by atoms with E-state index in [-0.39, 0.29) is 0 Å². The highest BCUT2D eigenvalue weighted by Gasteiger charge is 2.02. The van der Waals surface area contributed by atoms with Gasteiger partial charge in [-0.3, -0.25) is 0 Å². The van der Waals surface area contributed by atoms with Crippen molar-refractivity contribution >= 4 is 8.58 Å². The van der Waals surface area contributed by atoms with Crippen LogP contribution in [0.15, 0.2) is 0 Å². The predicted molar refractivity (Wildman–Crippen MR) is 35.5 cm³/mol. The van der Waals surface area contributed by atoms with E-state index in [1.807, 2.05) is 0 Å². The van der Waals surface area contributed by atoms with E-state index in [2.05, 4.69) is 11.9 Å². The van der Waals surface area contributed by atoms with Gasteiger partial charge >= 0.3 is 0 Å². The molecule has 1 heterocycles. The first-order valence-corrected chi connectivity index (χ1v) is 4.20. The van der Waals surface area contributed by atoms with E-state index < -0.39 is 0 Å². The minimum atomic E-state index is 1.25. The molecule has 0 aromatic heterocycles. The molecule has 1 aliphatic rings. The Kier molecular flexibility index (Phi) is 2.08. The number of hydrogen-bond donors (Lipinski definition) is 0. The van der Waals surface area contributed by atoms with Crippen LogP contribution >= 0.6 is 8.58 Å². The summed E-state index contributed by atoms with van der Waals surface area (Å²) in [5, 5.41) is 0. The van der Waals surface area contributed by atoms with Crippen LogP contribution < -0.4 is 0 Å². The van der Waals surface area contributed by atoms with Gasteiger partial charge in [-0.25, -0.2) is 0 Å². The summed E-state index contributed by atoms with van der Waals surface area (Å²) in [6.45, 7) is 2.66. The standard InChI is InChI=1S/C5H12NP/c1-6-2-4-7-5-3-6/h7H,2-5H2,1H3. The fourth-order valence-corrected chi connectivity index (χ4v) is 2.11. The van der Waals surface area contributed by atoms with E-state index in [4.69, 9.17) is 0 Å². The quantitative estimate of drug-likeness (QED) is 0.420. The Bertz CT molecular complexity index is 50.0. The Morgan fingerprint density at radius 3 is 2.14 bits per heavy atom. The van der Waals surface area contributed by atoms with Crippen LogP contribution in [-0.4, -0.2) is 37.4 Å². The van der Waals surface area contributed by atoms with Crippen LogP contribution in [0.5, 0.6) is 0 Å². The zero-order chi connectivity index (χ0) is 5.11. The van der Waals surface area contributed by atoms with Gasteiger partial charge in [0, 0.05) is 13.1 Å². The smallest absolute Gasteiger partial charge is 0.00154 e. The van der Waals surface area contributed by atoms with Crippen molar-refractivity contribution in [2.75, 3.05) is 32.5 Å². The molecule has 0 amide bonds. The molecule has 0 aliphatic carbocycles. The molecule has 0 bridgehead atoms. The second kappa shape index (κ2) is 2.64. The maximum atomic E-state index is 2.40. The fourth-order valence-electron chi connectivity index (χ4n) is 0.777. The predicted octanol–water partition coefficient (Wildman–Crippen LogP) is 0.610. The molecule has 1 aliphatic heterocycles. The van der Waals surface area contributed by atoms with Crippen LogP contribution in [-0.2, 0) is 0 Å². The van der Waals surface area contributed by atoms with Gasteiger partial charge in [0.25, 0.3) is 0 Å². The van der Waals surface area contributed by atoms with E-state index in [1.165, 1.54) is 34.0 Å². The third-order valence-electron chi connectivity index (χ3n) is 1.34. The van der Waals surface area contributed by atoms with Crippen molar-refractivity contribution in [2.45, 2.75) is 0 Å². The normalized spacial score (nSPS) is 25.3. The van der Waals surface area contributed by atoms with Gasteiger partial charge in [-0.15, -0.1) is 8.58 Å². The molecule has 42 valence electrons. The zero-order valence-electron chi connectivity index (χ0n) is 4.78. The van der Waals surface area contributed by atoms with Gasteiger partial charge in [0.15, 0.2) is 0 Å². The number of hydrogen-bond acceptors (Lipinski definition) is 1. The van der Waals surface area contributed by atoms with E-state index >= 15 is 0 Å². The SMILES string of the molecule is CN1CCPCC1. The molecule has 0 saturated carbocycles. The average molecular weight is 117 g/mol. The Hall–Kier alpha value is 0.390. The van der Waals surface area contributed by atoms with Gasteiger partial charge in [-0.05, 0) is 19.4 Å². The summed E-state index contributed by atoms with van der Waals surface area (Å²) in [5.41, 5.74) is 0. The second-order valence-electron chi connectivity index (χ2n) is 2.05. The van der Waals surface area contributed by atoms with Crippen LogP contribution in [0.2, 0.25) is 0 Å². The fraction of sp³-hybridized carbons (Fsp3) is 1.00. The Balaban J connectivity index is 2.12. The van der Waals surface area contributed by atoms with Crippen molar-refractivity contribution < 1.29 is 0 Å². The molecule has 0 radical (unpaired) electrons. The topological polar surface area (TPSA) is 3.24 Å². The molecule has 1 saturated heterocycles. The maximum Gasteiger partial charge on any atom is 0.00154 e. The monoisotopic (exact) mass is 117 g/mol. The number of nitrogens with zero attached hydrogens (tertiary/aromatic N) is 1. The zero-order valence-corrected chi connectivity index (χ0v) is 5.78. The van der Waals surface area contributed by atoms with E-state index in [9.17, 15) is 0 Å². The molecule has 0 unspecified atom stereocenters. The molecule has 7 heavy (non-hydrogen) atoms. The Labute approximate surface area is 46.9 Å². The van der Waals surface area contributed by atoms with Gasteiger partial charge in [0.2, 0.25) is 0 Å². The summed E-state index contributed by atoms with van der Waals surface area (Å²) >= 11 is 0. The van der Waals surface area contributed by atoms with Crippen LogP contribution in [0.25, 0.3) is 0 Å². The first kappa shape index (κ1) is 5.53. The third-order valence-corrected chi connectivity index (χ3v) is 2.49. The summed E-state index contributed by atoms with van der Waals surface area (Å²) < 4.78 is 0. The lowest BCUT2D eigenvalue weighted by molar-refractivity contribution is 0.370. The maximum absolute atomic E-state index is 2.40. The largest absolute Gasteiger partial charge is 0.306 e. The average Bonchev–Trinajstić information content (AvgIpc) is 1.69. The molecule has 1 rings (SSSR count). The molecular formula is C5H12NP. The minimum Gasteiger partial charge on any atom is -0.306 e. The van der Waals surface area contributed by atoms with E-state index in [0.717, 1.165) is 0 Å². The molecule has 0 aromatic carbocycles. The van der Waals surface area contributed by atoms with Gasteiger partial charge in [-0.2, -0.15) is 0 Å². The summed E-state index contributed by atoms with van der Waals surface area (Å²) in [6, 6.07) is 0. The van der Waals surface area contributed by atoms with Crippen LogP contribution in [0.3, 0.4) is 0 Å². The van der Waals surface area contributed by atoms with Crippen LogP contribution in [0.1, 0.15) is 0 Å². The lowest BCUT2D eigenvalue weighted by atomic mass is 10.6.